The molecule has 0 aromatic heterocycles. The van der Waals surface area contributed by atoms with Gasteiger partial charge in [0.2, 0.25) is 0 Å². The summed E-state index contributed by atoms with van der Waals surface area (Å²) >= 11 is 0. The van der Waals surface area contributed by atoms with Crippen molar-refractivity contribution in [3.05, 3.63) is 0 Å². The molecule has 0 heterocycles. The summed E-state index contributed by atoms with van der Waals surface area (Å²) in [6.07, 6.45) is -0.323. The first-order chi connectivity index (χ1) is 5.84. The van der Waals surface area contributed by atoms with Gasteiger partial charge < -0.3 is 10.2 Å². The highest BCUT2D eigenvalue weighted by atomic mass is 16.4. The Bertz CT molecular complexity index is 268. The molecule has 5 heteroatoms. The Morgan fingerprint density at radius 1 is 1.54 bits per heavy atom. The zero-order valence-corrected chi connectivity index (χ0v) is 7.44. The van der Waals surface area contributed by atoms with Crippen LogP contribution in [-0.2, 0) is 9.59 Å². The number of carbonyl (C=O) groups is 2. The van der Waals surface area contributed by atoms with Crippen LogP contribution in [0.15, 0.2) is 0 Å². The molecule has 0 bridgehead atoms. The topological polar surface area (TPSA) is 98.4 Å². The van der Waals surface area contributed by atoms with Crippen molar-refractivity contribution >= 4 is 11.9 Å². The van der Waals surface area contributed by atoms with Gasteiger partial charge in [-0.1, -0.05) is 6.92 Å². The van der Waals surface area contributed by atoms with Crippen LogP contribution in [0.25, 0.3) is 0 Å². The van der Waals surface area contributed by atoms with Crippen molar-refractivity contribution in [1.29, 1.82) is 5.26 Å². The lowest BCUT2D eigenvalue weighted by atomic mass is 9.78. The molecule has 0 saturated heterocycles. The van der Waals surface area contributed by atoms with Gasteiger partial charge in [-0.15, -0.1) is 0 Å². The van der Waals surface area contributed by atoms with Gasteiger partial charge >= 0.3 is 11.9 Å². The zero-order valence-electron chi connectivity index (χ0n) is 7.44. The SMILES string of the molecule is C[C@@H](CC(=O)O)[C@@](C)(C#N)C(=O)O. The highest BCUT2D eigenvalue weighted by Gasteiger charge is 2.40. The molecule has 0 radical (unpaired) electrons. The first-order valence-corrected chi connectivity index (χ1v) is 3.71. The first-order valence-electron chi connectivity index (χ1n) is 3.71. The fourth-order valence-corrected chi connectivity index (χ4v) is 0.835. The van der Waals surface area contributed by atoms with Gasteiger partial charge in [-0.25, -0.2) is 0 Å². The van der Waals surface area contributed by atoms with Gasteiger partial charge in [0, 0.05) is 6.42 Å². The number of nitrogens with zero attached hydrogens (tertiary/aromatic N) is 1. The van der Waals surface area contributed by atoms with E-state index in [4.69, 9.17) is 15.5 Å². The minimum absolute atomic E-state index is 0.323. The summed E-state index contributed by atoms with van der Waals surface area (Å²) < 4.78 is 0. The summed E-state index contributed by atoms with van der Waals surface area (Å²) in [5.74, 6) is -3.11. The number of hydrogen-bond donors (Lipinski definition) is 2. The molecule has 0 aromatic carbocycles. The van der Waals surface area contributed by atoms with E-state index in [1.54, 1.807) is 6.07 Å². The molecule has 2 N–H and O–H groups in total. The number of carboxylic acid groups (broad SMARTS) is 2. The fourth-order valence-electron chi connectivity index (χ4n) is 0.835. The van der Waals surface area contributed by atoms with Gasteiger partial charge in [0.15, 0.2) is 5.41 Å². The Morgan fingerprint density at radius 2 is 2.00 bits per heavy atom. The second-order valence-corrected chi connectivity index (χ2v) is 3.12. The molecular weight excluding hydrogens is 174 g/mol. The van der Waals surface area contributed by atoms with Crippen molar-refractivity contribution in [2.45, 2.75) is 20.3 Å². The Balaban J connectivity index is 4.69. The third-order valence-electron chi connectivity index (χ3n) is 2.14. The average molecular weight is 185 g/mol. The van der Waals surface area contributed by atoms with E-state index >= 15 is 0 Å². The molecule has 0 amide bonds. The summed E-state index contributed by atoms with van der Waals surface area (Å²) in [4.78, 5) is 21.0. The lowest BCUT2D eigenvalue weighted by Crippen LogP contribution is -2.34. The lowest BCUT2D eigenvalue weighted by molar-refractivity contribution is -0.148. The van der Waals surface area contributed by atoms with E-state index in [-0.39, 0.29) is 6.42 Å². The maximum Gasteiger partial charge on any atom is 0.324 e. The number of aliphatic carboxylic acids is 2. The monoisotopic (exact) mass is 185 g/mol. The van der Waals surface area contributed by atoms with E-state index in [2.05, 4.69) is 0 Å². The van der Waals surface area contributed by atoms with Crippen LogP contribution in [0.1, 0.15) is 20.3 Å². The Kier molecular flexibility index (Phi) is 3.43. The normalized spacial score (nSPS) is 16.7. The van der Waals surface area contributed by atoms with E-state index in [9.17, 15) is 9.59 Å². The second-order valence-electron chi connectivity index (χ2n) is 3.12. The van der Waals surface area contributed by atoms with E-state index in [1.165, 1.54) is 13.8 Å². The molecule has 0 saturated carbocycles. The van der Waals surface area contributed by atoms with Crippen LogP contribution >= 0.6 is 0 Å². The van der Waals surface area contributed by atoms with Crippen LogP contribution in [0.5, 0.6) is 0 Å². The molecule has 0 aliphatic heterocycles. The van der Waals surface area contributed by atoms with Crippen molar-refractivity contribution < 1.29 is 19.8 Å². The van der Waals surface area contributed by atoms with Crippen LogP contribution in [0.3, 0.4) is 0 Å². The Hall–Kier alpha value is -1.57. The summed E-state index contributed by atoms with van der Waals surface area (Å²) in [6, 6.07) is 1.62. The number of nitriles is 1. The maximum atomic E-state index is 10.7. The molecule has 5 nitrogen and oxygen atoms in total. The molecule has 2 atom stereocenters. The summed E-state index contributed by atoms with van der Waals surface area (Å²) in [6.45, 7) is 2.66. The number of carboxylic acids is 2. The molecule has 0 aliphatic carbocycles. The molecule has 72 valence electrons. The van der Waals surface area contributed by atoms with Crippen LogP contribution < -0.4 is 0 Å². The smallest absolute Gasteiger partial charge is 0.324 e. The first kappa shape index (κ1) is 11.4. The molecule has 0 aliphatic rings. The number of hydrogen-bond acceptors (Lipinski definition) is 3. The van der Waals surface area contributed by atoms with E-state index in [1.807, 2.05) is 0 Å². The predicted octanol–water partition coefficient (Wildman–Crippen LogP) is 0.712. The Morgan fingerprint density at radius 3 is 2.23 bits per heavy atom. The van der Waals surface area contributed by atoms with Crippen molar-refractivity contribution in [3.8, 4) is 6.07 Å². The summed E-state index contributed by atoms with van der Waals surface area (Å²) in [5, 5.41) is 25.7. The van der Waals surface area contributed by atoms with Crippen molar-refractivity contribution in [3.63, 3.8) is 0 Å². The molecule has 13 heavy (non-hydrogen) atoms. The van der Waals surface area contributed by atoms with E-state index in [0.717, 1.165) is 0 Å². The highest BCUT2D eigenvalue weighted by molar-refractivity contribution is 5.79. The fraction of sp³-hybridized carbons (Fsp3) is 0.625. The van der Waals surface area contributed by atoms with Gasteiger partial charge in [-0.05, 0) is 12.8 Å². The molecule has 0 aromatic rings. The minimum atomic E-state index is -1.63. The largest absolute Gasteiger partial charge is 0.481 e. The molecule has 0 unspecified atom stereocenters. The highest BCUT2D eigenvalue weighted by Crippen LogP contribution is 2.29. The summed E-state index contributed by atoms with van der Waals surface area (Å²) in [5.41, 5.74) is -1.63. The summed E-state index contributed by atoms with van der Waals surface area (Å²) in [7, 11) is 0. The zero-order chi connectivity index (χ0) is 10.6. The second kappa shape index (κ2) is 3.90. The van der Waals surface area contributed by atoms with Crippen LogP contribution in [0.2, 0.25) is 0 Å². The molecule has 0 fully saturated rings. The maximum absolute atomic E-state index is 10.7. The van der Waals surface area contributed by atoms with Crippen molar-refractivity contribution in [2.75, 3.05) is 0 Å². The lowest BCUT2D eigenvalue weighted by Gasteiger charge is -2.22. The minimum Gasteiger partial charge on any atom is -0.481 e. The molecule has 0 rings (SSSR count). The predicted molar refractivity (Wildman–Crippen MR) is 42.8 cm³/mol. The Labute approximate surface area is 75.6 Å². The average Bonchev–Trinajstić information content (AvgIpc) is 2.01. The van der Waals surface area contributed by atoms with Gasteiger partial charge in [-0.3, -0.25) is 9.59 Å². The van der Waals surface area contributed by atoms with Crippen LogP contribution in [0.4, 0.5) is 0 Å². The van der Waals surface area contributed by atoms with Crippen LogP contribution in [-0.4, -0.2) is 22.2 Å². The quantitative estimate of drug-likeness (QED) is 0.672. The molecule has 0 spiro atoms. The van der Waals surface area contributed by atoms with Gasteiger partial charge in [-0.2, -0.15) is 5.26 Å². The van der Waals surface area contributed by atoms with Crippen LogP contribution in [0, 0.1) is 22.7 Å². The van der Waals surface area contributed by atoms with E-state index in [0.29, 0.717) is 0 Å². The van der Waals surface area contributed by atoms with E-state index < -0.39 is 23.3 Å². The third kappa shape index (κ3) is 2.44. The number of rotatable bonds is 4. The van der Waals surface area contributed by atoms with Gasteiger partial charge in [0.05, 0.1) is 6.07 Å². The van der Waals surface area contributed by atoms with Gasteiger partial charge in [0.1, 0.15) is 0 Å². The molecular formula is C8H11NO4. The standard InChI is InChI=1S/C8H11NO4/c1-5(3-6(10)11)8(2,4-9)7(12)13/h5H,3H2,1-2H3,(H,10,11)(H,12,13)/t5-,8+/m0/s1. The van der Waals surface area contributed by atoms with Gasteiger partial charge in [0.25, 0.3) is 0 Å². The van der Waals surface area contributed by atoms with Crippen molar-refractivity contribution in [1.82, 2.24) is 0 Å². The third-order valence-corrected chi connectivity index (χ3v) is 2.14. The van der Waals surface area contributed by atoms with Crippen molar-refractivity contribution in [2.24, 2.45) is 11.3 Å².